The third-order valence-electron chi connectivity index (χ3n) is 9.98. The van der Waals surface area contributed by atoms with Crippen molar-refractivity contribution in [1.82, 2.24) is 10.6 Å². The number of amides is 2. The van der Waals surface area contributed by atoms with Crippen LogP contribution in [0.3, 0.4) is 0 Å². The van der Waals surface area contributed by atoms with Crippen molar-refractivity contribution in [3.8, 4) is 0 Å². The van der Waals surface area contributed by atoms with Gasteiger partial charge in [-0.3, -0.25) is 14.4 Å². The lowest BCUT2D eigenvalue weighted by molar-refractivity contribution is -0.147. The van der Waals surface area contributed by atoms with E-state index in [4.69, 9.17) is 14.9 Å². The van der Waals surface area contributed by atoms with Gasteiger partial charge < -0.3 is 25.6 Å². The Morgan fingerprint density at radius 1 is 0.552 bits per heavy atom. The monoisotopic (exact) mass is 813 g/mol. The number of ether oxygens (including phenoxy) is 1. The molecule has 4 N–H and O–H groups in total. The lowest BCUT2D eigenvalue weighted by atomic mass is 10.0. The number of esters is 1. The SMILES string of the molecule is CC/C=C\C/C=C\C/C=C\C(CCCCCCC(=O)NCC(=O)NC(CO)C(=O)O)OC(=O)CCCCCCCCCCCCC/C=C\C/C=C\CCCCCCC. The number of aliphatic hydroxyl groups is 1. The van der Waals surface area contributed by atoms with Crippen molar-refractivity contribution in [3.05, 3.63) is 60.8 Å². The van der Waals surface area contributed by atoms with Crippen LogP contribution in [0.25, 0.3) is 0 Å². The second-order valence-electron chi connectivity index (χ2n) is 15.5. The Kier molecular flexibility index (Phi) is 40.6. The van der Waals surface area contributed by atoms with E-state index in [0.29, 0.717) is 12.8 Å². The third kappa shape index (κ3) is 39.4. The molecule has 0 aromatic heterocycles. The molecule has 0 saturated carbocycles. The molecule has 0 radical (unpaired) electrons. The zero-order valence-corrected chi connectivity index (χ0v) is 36.8. The van der Waals surface area contributed by atoms with Gasteiger partial charge in [0.15, 0.2) is 0 Å². The van der Waals surface area contributed by atoms with Gasteiger partial charge in [-0.2, -0.15) is 0 Å². The zero-order valence-electron chi connectivity index (χ0n) is 36.8. The van der Waals surface area contributed by atoms with Gasteiger partial charge >= 0.3 is 11.9 Å². The Morgan fingerprint density at radius 3 is 1.59 bits per heavy atom. The minimum atomic E-state index is -1.40. The summed E-state index contributed by atoms with van der Waals surface area (Å²) >= 11 is 0. The number of unbranched alkanes of at least 4 members (excludes halogenated alkanes) is 19. The van der Waals surface area contributed by atoms with Crippen molar-refractivity contribution in [2.45, 2.75) is 212 Å². The summed E-state index contributed by atoms with van der Waals surface area (Å²) in [5.74, 6) is -2.44. The number of hydrogen-bond acceptors (Lipinski definition) is 6. The van der Waals surface area contributed by atoms with Crippen LogP contribution in [0.4, 0.5) is 0 Å². The number of nitrogens with one attached hydrogen (secondary N) is 2. The normalized spacial score (nSPS) is 13.0. The van der Waals surface area contributed by atoms with Crippen molar-refractivity contribution >= 4 is 23.8 Å². The van der Waals surface area contributed by atoms with E-state index >= 15 is 0 Å². The Morgan fingerprint density at radius 2 is 1.03 bits per heavy atom. The van der Waals surface area contributed by atoms with Crippen molar-refractivity contribution in [1.29, 1.82) is 0 Å². The summed E-state index contributed by atoms with van der Waals surface area (Å²) in [4.78, 5) is 47.6. The van der Waals surface area contributed by atoms with Gasteiger partial charge in [0.25, 0.3) is 0 Å². The molecule has 0 rings (SSSR count). The molecule has 2 unspecified atom stereocenters. The Bertz CT molecular complexity index is 1160. The third-order valence-corrected chi connectivity index (χ3v) is 9.98. The molecule has 0 aromatic carbocycles. The minimum absolute atomic E-state index is 0.139. The maximum Gasteiger partial charge on any atom is 0.328 e. The van der Waals surface area contributed by atoms with Crippen LogP contribution in [0.1, 0.15) is 200 Å². The first kappa shape index (κ1) is 54.5. The molecule has 58 heavy (non-hydrogen) atoms. The minimum Gasteiger partial charge on any atom is -0.480 e. The van der Waals surface area contributed by atoms with Crippen LogP contribution >= 0.6 is 0 Å². The average Bonchev–Trinajstić information content (AvgIpc) is 3.21. The summed E-state index contributed by atoms with van der Waals surface area (Å²) in [7, 11) is 0. The van der Waals surface area contributed by atoms with E-state index in [-0.39, 0.29) is 30.9 Å². The van der Waals surface area contributed by atoms with Crippen molar-refractivity contribution in [2.24, 2.45) is 0 Å². The van der Waals surface area contributed by atoms with E-state index in [1.807, 2.05) is 6.08 Å². The number of hydrogen-bond donors (Lipinski definition) is 4. The topological polar surface area (TPSA) is 142 Å². The van der Waals surface area contributed by atoms with E-state index in [2.05, 4.69) is 79.2 Å². The number of carbonyl (C=O) groups is 4. The van der Waals surface area contributed by atoms with E-state index in [0.717, 1.165) is 70.6 Å². The van der Waals surface area contributed by atoms with E-state index < -0.39 is 24.5 Å². The van der Waals surface area contributed by atoms with E-state index in [9.17, 15) is 19.2 Å². The fourth-order valence-corrected chi connectivity index (χ4v) is 6.44. The Hall–Kier alpha value is -3.46. The largest absolute Gasteiger partial charge is 0.480 e. The molecule has 0 aliphatic rings. The van der Waals surface area contributed by atoms with Crippen molar-refractivity contribution < 1.29 is 34.1 Å². The Labute approximate surface area is 353 Å². The first-order valence-corrected chi connectivity index (χ1v) is 23.2. The summed E-state index contributed by atoms with van der Waals surface area (Å²) in [5, 5.41) is 22.5. The number of rotatable bonds is 41. The summed E-state index contributed by atoms with van der Waals surface area (Å²) in [6, 6.07) is -1.40. The molecule has 0 aliphatic heterocycles. The molecular formula is C49H84N2O7. The molecule has 332 valence electrons. The number of carbonyl (C=O) groups excluding carboxylic acids is 3. The number of carboxylic acid groups (broad SMARTS) is 1. The van der Waals surface area contributed by atoms with Gasteiger partial charge in [-0.1, -0.05) is 165 Å². The maximum atomic E-state index is 12.7. The molecule has 0 saturated heterocycles. The summed E-state index contributed by atoms with van der Waals surface area (Å²) in [5.41, 5.74) is 0. The number of aliphatic carboxylic acids is 1. The summed E-state index contributed by atoms with van der Waals surface area (Å²) in [6.07, 6.45) is 52.9. The first-order chi connectivity index (χ1) is 28.3. The molecule has 0 aliphatic carbocycles. The molecule has 9 heteroatoms. The van der Waals surface area contributed by atoms with Gasteiger partial charge in [0.05, 0.1) is 13.2 Å². The molecule has 2 atom stereocenters. The summed E-state index contributed by atoms with van der Waals surface area (Å²) in [6.45, 7) is 3.31. The second-order valence-corrected chi connectivity index (χ2v) is 15.5. The maximum absolute atomic E-state index is 12.7. The molecular weight excluding hydrogens is 729 g/mol. The zero-order chi connectivity index (χ0) is 42.6. The molecule has 0 aromatic rings. The van der Waals surface area contributed by atoms with Gasteiger partial charge in [-0.15, -0.1) is 0 Å². The molecule has 0 bridgehead atoms. The van der Waals surface area contributed by atoms with Crippen LogP contribution in [-0.4, -0.2) is 59.3 Å². The van der Waals surface area contributed by atoms with Gasteiger partial charge in [0, 0.05) is 12.8 Å². The summed E-state index contributed by atoms with van der Waals surface area (Å²) < 4.78 is 5.89. The van der Waals surface area contributed by atoms with Crippen molar-refractivity contribution in [3.63, 3.8) is 0 Å². The highest BCUT2D eigenvalue weighted by atomic mass is 16.5. The lowest BCUT2D eigenvalue weighted by Crippen LogP contribution is -2.47. The van der Waals surface area contributed by atoms with Crippen LogP contribution in [0.5, 0.6) is 0 Å². The van der Waals surface area contributed by atoms with Gasteiger partial charge in [-0.05, 0) is 83.1 Å². The second kappa shape index (κ2) is 43.1. The molecule has 0 fully saturated rings. The Balaban J connectivity index is 4.15. The number of aliphatic hydroxyl groups excluding tert-OH is 1. The van der Waals surface area contributed by atoms with Crippen LogP contribution in [0.2, 0.25) is 0 Å². The fourth-order valence-electron chi connectivity index (χ4n) is 6.44. The lowest BCUT2D eigenvalue weighted by Gasteiger charge is -2.15. The highest BCUT2D eigenvalue weighted by Gasteiger charge is 2.18. The van der Waals surface area contributed by atoms with E-state index in [1.165, 1.54) is 96.3 Å². The van der Waals surface area contributed by atoms with Gasteiger partial charge in [0.2, 0.25) is 11.8 Å². The smallest absolute Gasteiger partial charge is 0.328 e. The van der Waals surface area contributed by atoms with Crippen LogP contribution in [0, 0.1) is 0 Å². The standard InChI is InChI=1S/C49H84N2O7/c1-3-5-7-9-11-13-14-15-16-17-18-19-20-21-22-23-24-25-26-27-29-31-37-41-48(55)58-44(38-34-30-28-12-10-8-6-4-2)39-35-32-33-36-40-46(53)50-42-47(54)51-45(43-52)49(56)57/h6,8,12,14-15,17-18,28,34,38,44-45,52H,3-5,7,9-11,13,16,19-27,29-33,35-37,39-43H2,1-2H3,(H,50,53)(H,51,54)(H,56,57)/b8-6-,15-14-,18-17-,28-12-,38-34-. The van der Waals surface area contributed by atoms with Crippen molar-refractivity contribution in [2.75, 3.05) is 13.2 Å². The highest BCUT2D eigenvalue weighted by Crippen LogP contribution is 2.16. The van der Waals surface area contributed by atoms with E-state index in [1.54, 1.807) is 0 Å². The predicted octanol–water partition coefficient (Wildman–Crippen LogP) is 11.7. The predicted molar refractivity (Wildman–Crippen MR) is 240 cm³/mol. The van der Waals surface area contributed by atoms with Gasteiger partial charge in [-0.25, -0.2) is 4.79 Å². The number of carboxylic acids is 1. The quantitative estimate of drug-likeness (QED) is 0.0273. The van der Waals surface area contributed by atoms with Crippen LogP contribution < -0.4 is 10.6 Å². The average molecular weight is 813 g/mol. The molecule has 0 spiro atoms. The van der Waals surface area contributed by atoms with Gasteiger partial charge in [0.1, 0.15) is 12.1 Å². The fraction of sp³-hybridized carbons (Fsp3) is 0.714. The molecule has 9 nitrogen and oxygen atoms in total. The molecule has 2 amide bonds. The number of allylic oxidation sites excluding steroid dienone is 9. The van der Waals surface area contributed by atoms with Crippen LogP contribution in [0.15, 0.2) is 60.8 Å². The highest BCUT2D eigenvalue weighted by molar-refractivity contribution is 5.87. The molecule has 0 heterocycles. The van der Waals surface area contributed by atoms with Crippen LogP contribution in [-0.2, 0) is 23.9 Å². The first-order valence-electron chi connectivity index (χ1n) is 23.2.